The first-order chi connectivity index (χ1) is 11.6. The van der Waals surface area contributed by atoms with Gasteiger partial charge in [0, 0.05) is 22.5 Å². The summed E-state index contributed by atoms with van der Waals surface area (Å²) in [5.41, 5.74) is 3.05. The van der Waals surface area contributed by atoms with Gasteiger partial charge in [0.15, 0.2) is 0 Å². The average molecular weight is 343 g/mol. The highest BCUT2D eigenvalue weighted by molar-refractivity contribution is 5.90. The minimum absolute atomic E-state index is 0.0533. The highest BCUT2D eigenvalue weighted by Crippen LogP contribution is 2.68. The molecule has 0 unspecified atom stereocenters. The number of rotatable bonds is 0. The van der Waals surface area contributed by atoms with E-state index in [0.29, 0.717) is 11.8 Å². The summed E-state index contributed by atoms with van der Waals surface area (Å²) in [5.74, 6) is 1.29. The van der Waals surface area contributed by atoms with E-state index in [0.717, 1.165) is 48.9 Å². The molecule has 4 atom stereocenters. The number of phenolic OH excluding ortho intramolecular Hbond substituents is 2. The van der Waals surface area contributed by atoms with Gasteiger partial charge in [0.25, 0.3) is 0 Å². The summed E-state index contributed by atoms with van der Waals surface area (Å²) in [6.07, 6.45) is 4.83. The Morgan fingerprint density at radius 1 is 1.04 bits per heavy atom. The predicted octanol–water partition coefficient (Wildman–Crippen LogP) is 4.59. The number of phenols is 2. The standard InChI is InChI=1S/C21H29NO3/c1-19(2)15-5-7-21(4)16(20(15,3)8-6-17(19)22-25)10-12-9-13(23)11-14(24)18(12)21/h9,11,15-16,23-25H,5-8,10H2,1-4H3/b22-17+/t15-,16+,20-,21+/m1/s1. The average Bonchev–Trinajstić information content (AvgIpc) is 2.80. The van der Waals surface area contributed by atoms with E-state index in [1.54, 1.807) is 0 Å². The van der Waals surface area contributed by atoms with Crippen LogP contribution in [0.1, 0.15) is 64.5 Å². The van der Waals surface area contributed by atoms with E-state index in [-0.39, 0.29) is 27.7 Å². The SMILES string of the molecule is CC1(C)/C(=N/O)CC[C@]2(C)[C@@H]1CC[C@]1(C)c3c(O)cc(O)cc3C[C@@H]21. The molecule has 1 aromatic carbocycles. The van der Waals surface area contributed by atoms with Gasteiger partial charge in [0.2, 0.25) is 0 Å². The molecular formula is C21H29NO3. The summed E-state index contributed by atoms with van der Waals surface area (Å²) in [7, 11) is 0. The van der Waals surface area contributed by atoms with E-state index in [1.165, 1.54) is 6.07 Å². The normalized spacial score (nSPS) is 40.4. The van der Waals surface area contributed by atoms with Crippen LogP contribution >= 0.6 is 0 Å². The van der Waals surface area contributed by atoms with Crippen LogP contribution in [0.4, 0.5) is 0 Å². The molecule has 0 heterocycles. The largest absolute Gasteiger partial charge is 0.508 e. The second kappa shape index (κ2) is 4.93. The monoisotopic (exact) mass is 343 g/mol. The molecule has 4 rings (SSSR count). The first-order valence-corrected chi connectivity index (χ1v) is 9.41. The highest BCUT2D eigenvalue weighted by Gasteiger charge is 2.62. The van der Waals surface area contributed by atoms with Crippen LogP contribution in [-0.4, -0.2) is 21.1 Å². The van der Waals surface area contributed by atoms with Gasteiger partial charge in [-0.25, -0.2) is 0 Å². The zero-order valence-electron chi connectivity index (χ0n) is 15.6. The number of nitrogens with zero attached hydrogens (tertiary/aromatic N) is 1. The van der Waals surface area contributed by atoms with E-state index >= 15 is 0 Å². The molecule has 3 aliphatic carbocycles. The highest BCUT2D eigenvalue weighted by atomic mass is 16.4. The molecule has 0 aliphatic heterocycles. The minimum Gasteiger partial charge on any atom is -0.508 e. The Morgan fingerprint density at radius 2 is 1.76 bits per heavy atom. The number of hydrogen-bond donors (Lipinski definition) is 3. The maximum atomic E-state index is 10.6. The zero-order chi connectivity index (χ0) is 18.2. The maximum absolute atomic E-state index is 10.6. The summed E-state index contributed by atoms with van der Waals surface area (Å²) < 4.78 is 0. The molecule has 136 valence electrons. The third-order valence-corrected chi connectivity index (χ3v) is 8.13. The number of oxime groups is 1. The molecule has 3 N–H and O–H groups in total. The van der Waals surface area contributed by atoms with Crippen molar-refractivity contribution in [3.05, 3.63) is 23.3 Å². The Labute approximate surface area is 149 Å². The Kier molecular flexibility index (Phi) is 3.30. The lowest BCUT2D eigenvalue weighted by Gasteiger charge is -2.61. The number of aromatic hydroxyl groups is 2. The zero-order valence-corrected chi connectivity index (χ0v) is 15.6. The Bertz CT molecular complexity index is 769. The fraction of sp³-hybridized carbons (Fsp3) is 0.667. The second-order valence-electron chi connectivity index (χ2n) is 9.54. The molecule has 3 aliphatic rings. The van der Waals surface area contributed by atoms with Crippen molar-refractivity contribution in [2.24, 2.45) is 27.8 Å². The first kappa shape index (κ1) is 16.7. The molecule has 0 amide bonds. The maximum Gasteiger partial charge on any atom is 0.123 e. The molecule has 0 aromatic heterocycles. The summed E-state index contributed by atoms with van der Waals surface area (Å²) >= 11 is 0. The molecular weight excluding hydrogens is 314 g/mol. The molecule has 0 spiro atoms. The third-order valence-electron chi connectivity index (χ3n) is 8.13. The van der Waals surface area contributed by atoms with E-state index in [4.69, 9.17) is 0 Å². The summed E-state index contributed by atoms with van der Waals surface area (Å²) in [5, 5.41) is 33.6. The Balaban J connectivity index is 1.83. The second-order valence-corrected chi connectivity index (χ2v) is 9.54. The van der Waals surface area contributed by atoms with Crippen LogP contribution in [0.3, 0.4) is 0 Å². The van der Waals surface area contributed by atoms with Crippen LogP contribution in [-0.2, 0) is 11.8 Å². The van der Waals surface area contributed by atoms with Gasteiger partial charge in [-0.15, -0.1) is 0 Å². The first-order valence-electron chi connectivity index (χ1n) is 9.41. The van der Waals surface area contributed by atoms with Crippen LogP contribution in [0, 0.1) is 22.7 Å². The van der Waals surface area contributed by atoms with Gasteiger partial charge in [0.05, 0.1) is 5.71 Å². The van der Waals surface area contributed by atoms with Crippen LogP contribution in [0.15, 0.2) is 17.3 Å². The fourth-order valence-electron chi connectivity index (χ4n) is 7.01. The van der Waals surface area contributed by atoms with Gasteiger partial charge in [-0.1, -0.05) is 32.9 Å². The lowest BCUT2D eigenvalue weighted by molar-refractivity contribution is -0.0612. The van der Waals surface area contributed by atoms with Crippen molar-refractivity contribution in [3.63, 3.8) is 0 Å². The predicted molar refractivity (Wildman–Crippen MR) is 97.4 cm³/mol. The lowest BCUT2D eigenvalue weighted by Crippen LogP contribution is -2.57. The molecule has 0 radical (unpaired) electrons. The molecule has 2 fully saturated rings. The summed E-state index contributed by atoms with van der Waals surface area (Å²) in [6.45, 7) is 9.14. The topological polar surface area (TPSA) is 73.1 Å². The van der Waals surface area contributed by atoms with E-state index in [9.17, 15) is 15.4 Å². The van der Waals surface area contributed by atoms with Gasteiger partial charge in [0.1, 0.15) is 11.5 Å². The lowest BCUT2D eigenvalue weighted by atomic mass is 9.43. The minimum atomic E-state index is -0.109. The number of hydrogen-bond acceptors (Lipinski definition) is 4. The quantitative estimate of drug-likeness (QED) is 0.476. The van der Waals surface area contributed by atoms with Gasteiger partial charge in [-0.3, -0.25) is 0 Å². The summed E-state index contributed by atoms with van der Waals surface area (Å²) in [6, 6.07) is 3.33. The Morgan fingerprint density at radius 3 is 2.44 bits per heavy atom. The van der Waals surface area contributed by atoms with Crippen molar-refractivity contribution in [1.29, 1.82) is 0 Å². The van der Waals surface area contributed by atoms with Gasteiger partial charge in [-0.05, 0) is 61.0 Å². The van der Waals surface area contributed by atoms with Gasteiger partial charge < -0.3 is 15.4 Å². The molecule has 4 heteroatoms. The molecule has 0 bridgehead atoms. The number of fused-ring (bicyclic) bond motifs is 5. The van der Waals surface area contributed by atoms with Crippen molar-refractivity contribution in [3.8, 4) is 11.5 Å². The summed E-state index contributed by atoms with van der Waals surface area (Å²) in [4.78, 5) is 0. The van der Waals surface area contributed by atoms with Gasteiger partial charge in [-0.2, -0.15) is 0 Å². The van der Waals surface area contributed by atoms with E-state index in [2.05, 4.69) is 32.9 Å². The van der Waals surface area contributed by atoms with Crippen molar-refractivity contribution in [2.75, 3.05) is 0 Å². The van der Waals surface area contributed by atoms with Crippen molar-refractivity contribution in [1.82, 2.24) is 0 Å². The van der Waals surface area contributed by atoms with E-state index < -0.39 is 0 Å². The van der Waals surface area contributed by atoms with Crippen LogP contribution < -0.4 is 0 Å². The molecule has 4 nitrogen and oxygen atoms in total. The third kappa shape index (κ3) is 1.97. The molecule has 1 aromatic rings. The van der Waals surface area contributed by atoms with Crippen molar-refractivity contribution in [2.45, 2.75) is 65.2 Å². The van der Waals surface area contributed by atoms with E-state index in [1.807, 2.05) is 6.07 Å². The van der Waals surface area contributed by atoms with Crippen molar-refractivity contribution < 1.29 is 15.4 Å². The van der Waals surface area contributed by atoms with Crippen LogP contribution in [0.25, 0.3) is 0 Å². The van der Waals surface area contributed by atoms with Gasteiger partial charge >= 0.3 is 0 Å². The smallest absolute Gasteiger partial charge is 0.123 e. The van der Waals surface area contributed by atoms with Crippen LogP contribution in [0.5, 0.6) is 11.5 Å². The van der Waals surface area contributed by atoms with Crippen molar-refractivity contribution >= 4 is 5.71 Å². The molecule has 25 heavy (non-hydrogen) atoms. The fourth-order valence-corrected chi connectivity index (χ4v) is 7.01. The molecule has 2 saturated carbocycles. The molecule has 0 saturated heterocycles. The number of benzene rings is 1. The Hall–Kier alpha value is -1.71. The van der Waals surface area contributed by atoms with Crippen LogP contribution in [0.2, 0.25) is 0 Å².